The second kappa shape index (κ2) is 7.94. The third-order valence-corrected chi connectivity index (χ3v) is 6.87. The lowest BCUT2D eigenvalue weighted by Gasteiger charge is -2.36. The number of likely N-dealkylation sites (tertiary alicyclic amines) is 1. The van der Waals surface area contributed by atoms with Gasteiger partial charge in [-0.05, 0) is 49.2 Å². The maximum atomic E-state index is 13.8. The molecule has 2 aliphatic rings. The van der Waals surface area contributed by atoms with Crippen LogP contribution in [0.15, 0.2) is 29.6 Å². The Morgan fingerprint density at radius 3 is 2.83 bits per heavy atom. The van der Waals surface area contributed by atoms with E-state index in [4.69, 9.17) is 4.74 Å². The largest absolute Gasteiger partial charge is 0.433 e. The van der Waals surface area contributed by atoms with Gasteiger partial charge in [0.05, 0.1) is 28.9 Å². The van der Waals surface area contributed by atoms with Crippen LogP contribution < -0.4 is 0 Å². The Morgan fingerprint density at radius 1 is 1.20 bits per heavy atom. The quantitative estimate of drug-likeness (QED) is 0.575. The van der Waals surface area contributed by atoms with Crippen LogP contribution in [0.3, 0.4) is 0 Å². The molecule has 0 unspecified atom stereocenters. The van der Waals surface area contributed by atoms with Crippen molar-refractivity contribution in [1.82, 2.24) is 19.5 Å². The first-order valence-electron chi connectivity index (χ1n) is 10.3. The van der Waals surface area contributed by atoms with Crippen LogP contribution in [0.1, 0.15) is 43.1 Å². The lowest BCUT2D eigenvalue weighted by Crippen LogP contribution is -2.37. The highest BCUT2D eigenvalue weighted by Gasteiger charge is 2.36. The number of alkyl halides is 3. The van der Waals surface area contributed by atoms with Crippen molar-refractivity contribution in [3.05, 3.63) is 41.0 Å². The van der Waals surface area contributed by atoms with Crippen LogP contribution in [-0.4, -0.2) is 45.8 Å². The molecule has 2 saturated heterocycles. The van der Waals surface area contributed by atoms with Crippen molar-refractivity contribution >= 4 is 17.0 Å². The molecule has 0 N–H and O–H groups in total. The molecule has 30 heavy (non-hydrogen) atoms. The molecule has 0 spiro atoms. The van der Waals surface area contributed by atoms with Crippen molar-refractivity contribution in [2.24, 2.45) is 5.92 Å². The monoisotopic (exact) mass is 436 g/mol. The lowest BCUT2D eigenvalue weighted by molar-refractivity contribution is -0.142. The smallest absolute Gasteiger partial charge is 0.381 e. The molecular weight excluding hydrogens is 413 g/mol. The van der Waals surface area contributed by atoms with E-state index in [-0.39, 0.29) is 11.7 Å². The van der Waals surface area contributed by atoms with E-state index in [2.05, 4.69) is 15.0 Å². The van der Waals surface area contributed by atoms with Crippen LogP contribution in [0.25, 0.3) is 16.2 Å². The predicted octanol–water partition coefficient (Wildman–Crippen LogP) is 5.04. The predicted molar refractivity (Wildman–Crippen MR) is 108 cm³/mol. The van der Waals surface area contributed by atoms with E-state index >= 15 is 0 Å². The van der Waals surface area contributed by atoms with Gasteiger partial charge in [-0.2, -0.15) is 18.3 Å². The van der Waals surface area contributed by atoms with Crippen LogP contribution >= 0.6 is 11.3 Å². The van der Waals surface area contributed by atoms with Gasteiger partial charge in [0.2, 0.25) is 0 Å². The highest BCUT2D eigenvalue weighted by Crippen LogP contribution is 2.36. The summed E-state index contributed by atoms with van der Waals surface area (Å²) in [6, 6.07) is 6.46. The molecular formula is C21H23F3N4OS. The standard InChI is InChI=1S/C21H23F3N4OS/c22-21(23,24)19-10-16(18-5-3-9-30-18)25-20-11-15(26-28(19)20)17-4-1-2-7-27(17)12-14-6-8-29-13-14/h3,5,9-11,14,17H,1-2,4,6-8,12-13H2/t14-,17+/m0/s1. The Hall–Kier alpha value is -1.97. The van der Waals surface area contributed by atoms with Gasteiger partial charge in [-0.1, -0.05) is 12.5 Å². The molecule has 0 bridgehead atoms. The molecule has 2 fully saturated rings. The summed E-state index contributed by atoms with van der Waals surface area (Å²) in [5.74, 6) is 0.483. The Labute approximate surface area is 176 Å². The molecule has 5 heterocycles. The molecule has 3 aromatic heterocycles. The summed E-state index contributed by atoms with van der Waals surface area (Å²) in [7, 11) is 0. The fourth-order valence-electron chi connectivity index (χ4n) is 4.51. The van der Waals surface area contributed by atoms with E-state index in [1.54, 1.807) is 12.1 Å². The summed E-state index contributed by atoms with van der Waals surface area (Å²) in [6.45, 7) is 3.40. The average molecular weight is 437 g/mol. The van der Waals surface area contributed by atoms with E-state index in [1.807, 2.05) is 11.4 Å². The number of fused-ring (bicyclic) bond motifs is 1. The van der Waals surface area contributed by atoms with E-state index in [1.165, 1.54) is 11.3 Å². The van der Waals surface area contributed by atoms with Gasteiger partial charge in [0, 0.05) is 19.2 Å². The molecule has 0 radical (unpaired) electrons. The average Bonchev–Trinajstić information content (AvgIpc) is 3.48. The summed E-state index contributed by atoms with van der Waals surface area (Å²) in [5, 5.41) is 6.25. The lowest BCUT2D eigenvalue weighted by atomic mass is 9.97. The second-order valence-electron chi connectivity index (χ2n) is 8.08. The minimum atomic E-state index is -4.51. The van der Waals surface area contributed by atoms with Gasteiger partial charge < -0.3 is 4.74 Å². The molecule has 0 aliphatic carbocycles. The summed E-state index contributed by atoms with van der Waals surface area (Å²) in [6.07, 6.45) is -0.416. The number of hydrogen-bond acceptors (Lipinski definition) is 5. The van der Waals surface area contributed by atoms with Crippen molar-refractivity contribution in [2.45, 2.75) is 37.9 Å². The van der Waals surface area contributed by atoms with Crippen LogP contribution in [0.2, 0.25) is 0 Å². The van der Waals surface area contributed by atoms with Crippen molar-refractivity contribution < 1.29 is 17.9 Å². The van der Waals surface area contributed by atoms with Gasteiger partial charge in [0.1, 0.15) is 0 Å². The SMILES string of the molecule is FC(F)(F)c1cc(-c2cccs2)nc2cc([C@H]3CCCCN3C[C@@H]3CCOC3)nn12. The number of hydrogen-bond donors (Lipinski definition) is 0. The molecule has 160 valence electrons. The van der Waals surface area contributed by atoms with Gasteiger partial charge in [-0.15, -0.1) is 11.3 Å². The van der Waals surface area contributed by atoms with Gasteiger partial charge in [0.25, 0.3) is 0 Å². The molecule has 2 atom stereocenters. The van der Waals surface area contributed by atoms with Crippen molar-refractivity contribution in [1.29, 1.82) is 0 Å². The van der Waals surface area contributed by atoms with Gasteiger partial charge >= 0.3 is 6.18 Å². The Bertz CT molecular complexity index is 1010. The van der Waals surface area contributed by atoms with Crippen molar-refractivity contribution in [3.63, 3.8) is 0 Å². The maximum Gasteiger partial charge on any atom is 0.433 e. The molecule has 0 amide bonds. The summed E-state index contributed by atoms with van der Waals surface area (Å²) in [4.78, 5) is 7.60. The third kappa shape index (κ3) is 3.86. The normalized spacial score (nSPS) is 23.4. The summed E-state index contributed by atoms with van der Waals surface area (Å²) in [5.41, 5.74) is 0.474. The van der Waals surface area contributed by atoms with Gasteiger partial charge in [-0.3, -0.25) is 4.90 Å². The summed E-state index contributed by atoms with van der Waals surface area (Å²) >= 11 is 1.38. The molecule has 5 nitrogen and oxygen atoms in total. The van der Waals surface area contributed by atoms with Crippen LogP contribution in [-0.2, 0) is 10.9 Å². The van der Waals surface area contributed by atoms with E-state index < -0.39 is 11.9 Å². The first-order valence-corrected chi connectivity index (χ1v) is 11.2. The number of rotatable bonds is 4. The van der Waals surface area contributed by atoms with Crippen LogP contribution in [0.5, 0.6) is 0 Å². The Morgan fingerprint density at radius 2 is 2.10 bits per heavy atom. The molecule has 2 aliphatic heterocycles. The summed E-state index contributed by atoms with van der Waals surface area (Å²) < 4.78 is 48.0. The topological polar surface area (TPSA) is 42.7 Å². The number of thiophene rings is 1. The fraction of sp³-hybridized carbons (Fsp3) is 0.524. The van der Waals surface area contributed by atoms with E-state index in [0.717, 1.165) is 62.6 Å². The molecule has 0 aromatic carbocycles. The van der Waals surface area contributed by atoms with Crippen molar-refractivity contribution in [2.75, 3.05) is 26.3 Å². The van der Waals surface area contributed by atoms with Gasteiger partial charge in [-0.25, -0.2) is 9.50 Å². The Kier molecular flexibility index (Phi) is 5.28. The first kappa shape index (κ1) is 20.0. The van der Waals surface area contributed by atoms with Crippen LogP contribution in [0.4, 0.5) is 13.2 Å². The zero-order chi connectivity index (χ0) is 20.7. The minimum Gasteiger partial charge on any atom is -0.381 e. The minimum absolute atomic E-state index is 0.0207. The zero-order valence-electron chi connectivity index (χ0n) is 16.4. The number of aromatic nitrogens is 3. The van der Waals surface area contributed by atoms with Crippen molar-refractivity contribution in [3.8, 4) is 10.6 Å². The van der Waals surface area contributed by atoms with Crippen LogP contribution in [0, 0.1) is 5.92 Å². The highest BCUT2D eigenvalue weighted by molar-refractivity contribution is 7.13. The third-order valence-electron chi connectivity index (χ3n) is 5.98. The zero-order valence-corrected chi connectivity index (χ0v) is 17.3. The fourth-order valence-corrected chi connectivity index (χ4v) is 5.20. The number of nitrogens with zero attached hydrogens (tertiary/aromatic N) is 4. The molecule has 5 rings (SSSR count). The molecule has 3 aromatic rings. The van der Waals surface area contributed by atoms with Gasteiger partial charge in [0.15, 0.2) is 11.3 Å². The highest BCUT2D eigenvalue weighted by atomic mass is 32.1. The first-order chi connectivity index (χ1) is 14.5. The Balaban J connectivity index is 1.54. The maximum absolute atomic E-state index is 13.8. The number of piperidine rings is 1. The number of ether oxygens (including phenoxy) is 1. The number of halogens is 3. The second-order valence-corrected chi connectivity index (χ2v) is 9.02. The molecule has 9 heteroatoms. The van der Waals surface area contributed by atoms with E-state index in [0.29, 0.717) is 22.2 Å². The van der Waals surface area contributed by atoms with E-state index in [9.17, 15) is 13.2 Å². The molecule has 0 saturated carbocycles.